The molecule has 0 aliphatic heterocycles. The lowest BCUT2D eigenvalue weighted by Crippen LogP contribution is -2.22. The lowest BCUT2D eigenvalue weighted by molar-refractivity contribution is 0.0816. The Morgan fingerprint density at radius 1 is 1.03 bits per heavy atom. The van der Waals surface area contributed by atoms with Crippen molar-refractivity contribution in [3.05, 3.63) is 83.3 Å². The summed E-state index contributed by atoms with van der Waals surface area (Å²) in [6.07, 6.45) is 7.65. The van der Waals surface area contributed by atoms with E-state index in [1.54, 1.807) is 12.4 Å². The Morgan fingerprint density at radius 3 is 2.59 bits per heavy atom. The van der Waals surface area contributed by atoms with Crippen molar-refractivity contribution in [1.82, 2.24) is 14.8 Å². The van der Waals surface area contributed by atoms with Crippen LogP contribution >= 0.6 is 11.6 Å². The fraction of sp³-hybridized carbons (Fsp3) is 0.231. The van der Waals surface area contributed by atoms with Crippen LogP contribution in [0.25, 0.3) is 34.2 Å². The van der Waals surface area contributed by atoms with Crippen molar-refractivity contribution in [3.8, 4) is 11.1 Å². The van der Waals surface area contributed by atoms with Gasteiger partial charge in [-0.05, 0) is 41.4 Å². The summed E-state index contributed by atoms with van der Waals surface area (Å²) in [4.78, 5) is 4.24. The van der Waals surface area contributed by atoms with E-state index in [2.05, 4.69) is 67.1 Å². The quantitative estimate of drug-likeness (QED) is 0.205. The van der Waals surface area contributed by atoms with Gasteiger partial charge in [0.05, 0.1) is 16.2 Å². The molecule has 0 bridgehead atoms. The normalized spacial score (nSPS) is 12.1. The van der Waals surface area contributed by atoms with Crippen molar-refractivity contribution >= 4 is 42.7 Å². The van der Waals surface area contributed by atoms with E-state index in [1.807, 2.05) is 28.9 Å². The SMILES string of the molecule is C[Si](C)(C)CCOCn1nc(/C=C/c2ccccc2)c2cc(-c3cnccc3Cl)ccc21. The van der Waals surface area contributed by atoms with Gasteiger partial charge in [0, 0.05) is 38.0 Å². The van der Waals surface area contributed by atoms with Gasteiger partial charge in [0.1, 0.15) is 6.73 Å². The van der Waals surface area contributed by atoms with E-state index in [4.69, 9.17) is 21.4 Å². The van der Waals surface area contributed by atoms with Gasteiger partial charge in [-0.25, -0.2) is 4.68 Å². The highest BCUT2D eigenvalue weighted by Crippen LogP contribution is 2.31. The average molecular weight is 462 g/mol. The van der Waals surface area contributed by atoms with Crippen LogP contribution in [0.2, 0.25) is 30.7 Å². The molecule has 0 atom stereocenters. The molecule has 4 nitrogen and oxygen atoms in total. The minimum absolute atomic E-state index is 0.438. The van der Waals surface area contributed by atoms with Gasteiger partial charge in [-0.3, -0.25) is 4.98 Å². The van der Waals surface area contributed by atoms with Gasteiger partial charge in [-0.2, -0.15) is 5.10 Å². The molecule has 0 unspecified atom stereocenters. The topological polar surface area (TPSA) is 39.9 Å². The summed E-state index contributed by atoms with van der Waals surface area (Å²) in [5.41, 5.74) is 5.00. The Labute approximate surface area is 195 Å². The zero-order chi connectivity index (χ0) is 22.6. The molecule has 2 aromatic heterocycles. The molecule has 0 aliphatic carbocycles. The Morgan fingerprint density at radius 2 is 1.84 bits per heavy atom. The highest BCUT2D eigenvalue weighted by atomic mass is 35.5. The van der Waals surface area contributed by atoms with E-state index in [1.165, 1.54) is 0 Å². The van der Waals surface area contributed by atoms with Crippen molar-refractivity contribution < 1.29 is 4.74 Å². The standard InChI is InChI=1S/C26H28ClN3OSi/c1-32(2,3)16-15-31-19-30-26-12-10-21(23-18-28-14-13-24(23)27)17-22(26)25(29-30)11-9-20-7-5-4-6-8-20/h4-14,17-18H,15-16,19H2,1-3H3/b11-9+. The first-order valence-corrected chi connectivity index (χ1v) is 14.9. The van der Waals surface area contributed by atoms with Crippen molar-refractivity contribution in [1.29, 1.82) is 0 Å². The van der Waals surface area contributed by atoms with Crippen LogP contribution in [0, 0.1) is 0 Å². The van der Waals surface area contributed by atoms with Gasteiger partial charge in [0.15, 0.2) is 0 Å². The summed E-state index contributed by atoms with van der Waals surface area (Å²) < 4.78 is 7.94. The predicted molar refractivity (Wildman–Crippen MR) is 137 cm³/mol. The molecule has 32 heavy (non-hydrogen) atoms. The maximum absolute atomic E-state index is 6.43. The monoisotopic (exact) mass is 461 g/mol. The van der Waals surface area contributed by atoms with E-state index in [0.29, 0.717) is 11.8 Å². The lowest BCUT2D eigenvalue weighted by atomic mass is 10.0. The van der Waals surface area contributed by atoms with Gasteiger partial charge in [-0.1, -0.05) is 73.7 Å². The third kappa shape index (κ3) is 5.54. The van der Waals surface area contributed by atoms with Crippen LogP contribution in [0.5, 0.6) is 0 Å². The summed E-state index contributed by atoms with van der Waals surface area (Å²) in [7, 11) is -1.13. The largest absolute Gasteiger partial charge is 0.360 e. The first-order valence-electron chi connectivity index (χ1n) is 10.8. The maximum Gasteiger partial charge on any atom is 0.140 e. The molecule has 0 amide bonds. The molecule has 2 heterocycles. The lowest BCUT2D eigenvalue weighted by Gasteiger charge is -2.15. The van der Waals surface area contributed by atoms with Crippen LogP contribution in [0.4, 0.5) is 0 Å². The summed E-state index contributed by atoms with van der Waals surface area (Å²) in [5, 5.41) is 6.61. The second-order valence-corrected chi connectivity index (χ2v) is 15.1. The van der Waals surface area contributed by atoms with Crippen molar-refractivity contribution in [3.63, 3.8) is 0 Å². The number of ether oxygens (including phenoxy) is 1. The number of benzene rings is 2. The highest BCUT2D eigenvalue weighted by molar-refractivity contribution is 6.76. The van der Waals surface area contributed by atoms with Gasteiger partial charge in [-0.15, -0.1) is 0 Å². The number of pyridine rings is 1. The van der Waals surface area contributed by atoms with Gasteiger partial charge in [0.25, 0.3) is 0 Å². The molecular weight excluding hydrogens is 434 g/mol. The molecule has 0 aliphatic rings. The van der Waals surface area contributed by atoms with Crippen molar-refractivity contribution in [2.45, 2.75) is 32.4 Å². The summed E-state index contributed by atoms with van der Waals surface area (Å²) >= 11 is 6.43. The zero-order valence-electron chi connectivity index (χ0n) is 18.8. The number of fused-ring (bicyclic) bond motifs is 1. The number of hydrogen-bond donors (Lipinski definition) is 0. The number of halogens is 1. The van der Waals surface area contributed by atoms with E-state index in [0.717, 1.165) is 45.9 Å². The third-order valence-electron chi connectivity index (χ3n) is 5.30. The van der Waals surface area contributed by atoms with Crippen LogP contribution in [0.15, 0.2) is 67.0 Å². The first-order chi connectivity index (χ1) is 15.4. The van der Waals surface area contributed by atoms with Gasteiger partial charge < -0.3 is 4.74 Å². The van der Waals surface area contributed by atoms with E-state index < -0.39 is 8.07 Å². The average Bonchev–Trinajstić information content (AvgIpc) is 3.12. The number of hydrogen-bond acceptors (Lipinski definition) is 3. The molecule has 0 saturated heterocycles. The first kappa shape index (κ1) is 22.5. The molecule has 164 valence electrons. The van der Waals surface area contributed by atoms with E-state index in [9.17, 15) is 0 Å². The number of rotatable bonds is 8. The Hall–Kier alpha value is -2.73. The van der Waals surface area contributed by atoms with Crippen LogP contribution in [-0.4, -0.2) is 29.4 Å². The second kappa shape index (κ2) is 9.82. The minimum atomic E-state index is -1.13. The predicted octanol–water partition coefficient (Wildman–Crippen LogP) is 7.23. The summed E-state index contributed by atoms with van der Waals surface area (Å²) in [6, 6.07) is 19.5. The van der Waals surface area contributed by atoms with E-state index >= 15 is 0 Å². The molecule has 0 radical (unpaired) electrons. The Kier molecular flexibility index (Phi) is 6.89. The van der Waals surface area contributed by atoms with Crippen LogP contribution in [-0.2, 0) is 11.5 Å². The Balaban J connectivity index is 1.69. The fourth-order valence-corrected chi connectivity index (χ4v) is 4.42. The van der Waals surface area contributed by atoms with Gasteiger partial charge >= 0.3 is 0 Å². The van der Waals surface area contributed by atoms with Gasteiger partial charge in [0.2, 0.25) is 0 Å². The number of nitrogens with zero attached hydrogens (tertiary/aromatic N) is 3. The van der Waals surface area contributed by atoms with E-state index in [-0.39, 0.29) is 0 Å². The summed E-state index contributed by atoms with van der Waals surface area (Å²) in [5.74, 6) is 0. The molecule has 4 rings (SSSR count). The van der Waals surface area contributed by atoms with Crippen molar-refractivity contribution in [2.24, 2.45) is 0 Å². The molecule has 0 fully saturated rings. The van der Waals surface area contributed by atoms with Crippen LogP contribution < -0.4 is 0 Å². The molecule has 2 aromatic carbocycles. The smallest absolute Gasteiger partial charge is 0.140 e. The van der Waals surface area contributed by atoms with Crippen LogP contribution in [0.3, 0.4) is 0 Å². The molecule has 6 heteroatoms. The van der Waals surface area contributed by atoms with Crippen LogP contribution in [0.1, 0.15) is 11.3 Å². The highest BCUT2D eigenvalue weighted by Gasteiger charge is 2.14. The van der Waals surface area contributed by atoms with Crippen molar-refractivity contribution in [2.75, 3.05) is 6.61 Å². The molecule has 0 N–H and O–H groups in total. The number of aromatic nitrogens is 3. The molecular formula is C26H28ClN3OSi. The zero-order valence-corrected chi connectivity index (χ0v) is 20.5. The Bertz CT molecular complexity index is 1230. The maximum atomic E-state index is 6.43. The second-order valence-electron chi connectivity index (χ2n) is 9.06. The molecule has 0 spiro atoms. The fourth-order valence-electron chi connectivity index (χ4n) is 3.45. The summed E-state index contributed by atoms with van der Waals surface area (Å²) in [6.45, 7) is 8.27. The molecule has 4 aromatic rings. The molecule has 0 saturated carbocycles. The minimum Gasteiger partial charge on any atom is -0.360 e. The third-order valence-corrected chi connectivity index (χ3v) is 7.33.